The van der Waals surface area contributed by atoms with Crippen molar-refractivity contribution in [1.82, 2.24) is 4.90 Å². The van der Waals surface area contributed by atoms with Crippen LogP contribution >= 0.6 is 0 Å². The van der Waals surface area contributed by atoms with E-state index in [1.54, 1.807) is 21.3 Å². The molecular formula is C13H30N2O3. The molecule has 0 radical (unpaired) electrons. The van der Waals surface area contributed by atoms with Gasteiger partial charge in [0.1, 0.15) is 0 Å². The van der Waals surface area contributed by atoms with Crippen molar-refractivity contribution >= 4 is 0 Å². The van der Waals surface area contributed by atoms with E-state index in [1.807, 2.05) is 0 Å². The van der Waals surface area contributed by atoms with Crippen molar-refractivity contribution < 1.29 is 14.2 Å². The van der Waals surface area contributed by atoms with Gasteiger partial charge in [-0.3, -0.25) is 4.90 Å². The van der Waals surface area contributed by atoms with Crippen LogP contribution in [0.2, 0.25) is 0 Å². The second-order valence-electron chi connectivity index (χ2n) is 4.69. The summed E-state index contributed by atoms with van der Waals surface area (Å²) < 4.78 is 15.4. The molecule has 18 heavy (non-hydrogen) atoms. The molecule has 0 saturated carbocycles. The molecule has 0 aliphatic carbocycles. The summed E-state index contributed by atoms with van der Waals surface area (Å²) in [4.78, 5) is 2.32. The van der Waals surface area contributed by atoms with Crippen LogP contribution in [-0.4, -0.2) is 71.2 Å². The zero-order chi connectivity index (χ0) is 13.8. The molecule has 0 aliphatic heterocycles. The van der Waals surface area contributed by atoms with Gasteiger partial charge in [0.25, 0.3) is 0 Å². The highest BCUT2D eigenvalue weighted by Crippen LogP contribution is 2.04. The molecule has 0 aliphatic rings. The van der Waals surface area contributed by atoms with Gasteiger partial charge in [-0.15, -0.1) is 0 Å². The van der Waals surface area contributed by atoms with Crippen molar-refractivity contribution in [3.05, 3.63) is 0 Å². The molecule has 0 bridgehead atoms. The van der Waals surface area contributed by atoms with Gasteiger partial charge in [-0.2, -0.15) is 0 Å². The predicted octanol–water partition coefficient (Wildman–Crippen LogP) is 0.724. The Balaban J connectivity index is 4.03. The van der Waals surface area contributed by atoms with E-state index in [0.29, 0.717) is 12.6 Å². The van der Waals surface area contributed by atoms with Gasteiger partial charge in [0, 0.05) is 53.1 Å². The Hall–Kier alpha value is -0.200. The Morgan fingerprint density at radius 3 is 2.28 bits per heavy atom. The lowest BCUT2D eigenvalue weighted by atomic mass is 10.1. The van der Waals surface area contributed by atoms with E-state index in [0.717, 1.165) is 39.1 Å². The van der Waals surface area contributed by atoms with Crippen LogP contribution < -0.4 is 5.73 Å². The first-order valence-corrected chi connectivity index (χ1v) is 6.62. The first-order valence-electron chi connectivity index (χ1n) is 6.62. The number of ether oxygens (including phenoxy) is 3. The number of hydrogen-bond acceptors (Lipinski definition) is 5. The molecule has 5 nitrogen and oxygen atoms in total. The van der Waals surface area contributed by atoms with E-state index in [9.17, 15) is 0 Å². The van der Waals surface area contributed by atoms with E-state index in [1.165, 1.54) is 0 Å². The summed E-state index contributed by atoms with van der Waals surface area (Å²) in [6.07, 6.45) is 1.99. The summed E-state index contributed by atoms with van der Waals surface area (Å²) in [6, 6.07) is 0.537. The minimum Gasteiger partial charge on any atom is -0.385 e. The molecule has 110 valence electrons. The first-order chi connectivity index (χ1) is 8.65. The van der Waals surface area contributed by atoms with Gasteiger partial charge in [-0.25, -0.2) is 0 Å². The van der Waals surface area contributed by atoms with Crippen LogP contribution in [0.5, 0.6) is 0 Å². The summed E-state index contributed by atoms with van der Waals surface area (Å²) >= 11 is 0. The minimum atomic E-state index is 0.177. The fraction of sp³-hybridized carbons (Fsp3) is 1.00. The van der Waals surface area contributed by atoms with Crippen molar-refractivity contribution in [1.29, 1.82) is 0 Å². The molecule has 0 aromatic heterocycles. The van der Waals surface area contributed by atoms with Gasteiger partial charge >= 0.3 is 0 Å². The lowest BCUT2D eigenvalue weighted by Gasteiger charge is -2.30. The first kappa shape index (κ1) is 17.8. The smallest absolute Gasteiger partial charge is 0.0615 e. The SMILES string of the molecule is COCCCC(N)CN(CCOC)C(C)COC. The maximum absolute atomic E-state index is 6.14. The van der Waals surface area contributed by atoms with Gasteiger partial charge in [-0.1, -0.05) is 0 Å². The molecule has 0 spiro atoms. The van der Waals surface area contributed by atoms with Crippen molar-refractivity contribution in [2.24, 2.45) is 5.73 Å². The molecule has 0 heterocycles. The third-order valence-corrected chi connectivity index (χ3v) is 3.01. The van der Waals surface area contributed by atoms with Crippen molar-refractivity contribution in [2.75, 3.05) is 54.2 Å². The van der Waals surface area contributed by atoms with E-state index in [4.69, 9.17) is 19.9 Å². The summed E-state index contributed by atoms with van der Waals surface area (Å²) in [5, 5.41) is 0. The molecule has 5 heteroatoms. The van der Waals surface area contributed by atoms with Crippen LogP contribution in [0.15, 0.2) is 0 Å². The highest BCUT2D eigenvalue weighted by atomic mass is 16.5. The summed E-state index contributed by atoms with van der Waals surface area (Å²) in [5.41, 5.74) is 6.14. The fourth-order valence-corrected chi connectivity index (χ4v) is 1.93. The molecule has 2 N–H and O–H groups in total. The van der Waals surface area contributed by atoms with Crippen molar-refractivity contribution in [3.63, 3.8) is 0 Å². The van der Waals surface area contributed by atoms with Gasteiger partial charge in [-0.05, 0) is 19.8 Å². The number of nitrogens with two attached hydrogens (primary N) is 1. The molecule has 0 saturated heterocycles. The molecule has 0 amide bonds. The second kappa shape index (κ2) is 11.9. The summed E-state index contributed by atoms with van der Waals surface area (Å²) in [6.45, 7) is 6.13. The average Bonchev–Trinajstić information content (AvgIpc) is 2.35. The average molecular weight is 262 g/mol. The van der Waals surface area contributed by atoms with Gasteiger partial charge in [0.2, 0.25) is 0 Å². The lowest BCUT2D eigenvalue weighted by Crippen LogP contribution is -2.45. The monoisotopic (exact) mass is 262 g/mol. The third-order valence-electron chi connectivity index (χ3n) is 3.01. The highest BCUT2D eigenvalue weighted by molar-refractivity contribution is 4.73. The Labute approximate surface area is 112 Å². The number of rotatable bonds is 12. The molecule has 0 fully saturated rings. The van der Waals surface area contributed by atoms with Gasteiger partial charge < -0.3 is 19.9 Å². The standard InChI is InChI=1S/C13H30N2O3/c1-12(11-18-4)15(7-9-17-3)10-13(14)6-5-8-16-2/h12-13H,5-11,14H2,1-4H3. The normalized spacial score (nSPS) is 15.0. The van der Waals surface area contributed by atoms with Crippen LogP contribution in [0.3, 0.4) is 0 Å². The van der Waals surface area contributed by atoms with Crippen molar-refractivity contribution in [2.45, 2.75) is 31.8 Å². The second-order valence-corrected chi connectivity index (χ2v) is 4.69. The van der Waals surface area contributed by atoms with Crippen molar-refractivity contribution in [3.8, 4) is 0 Å². The molecule has 0 aromatic rings. The third kappa shape index (κ3) is 8.83. The minimum absolute atomic E-state index is 0.177. The van der Waals surface area contributed by atoms with E-state index >= 15 is 0 Å². The van der Waals surface area contributed by atoms with E-state index in [-0.39, 0.29) is 6.04 Å². The zero-order valence-electron chi connectivity index (χ0n) is 12.4. The molecule has 0 aromatic carbocycles. The summed E-state index contributed by atoms with van der Waals surface area (Å²) in [5.74, 6) is 0. The Morgan fingerprint density at radius 2 is 1.72 bits per heavy atom. The van der Waals surface area contributed by atoms with Gasteiger partial charge in [0.15, 0.2) is 0 Å². The zero-order valence-corrected chi connectivity index (χ0v) is 12.4. The van der Waals surface area contributed by atoms with Crippen LogP contribution in [0.4, 0.5) is 0 Å². The Kier molecular flexibility index (Phi) is 11.7. The predicted molar refractivity (Wildman–Crippen MR) is 73.9 cm³/mol. The summed E-state index contributed by atoms with van der Waals surface area (Å²) in [7, 11) is 5.16. The topological polar surface area (TPSA) is 57.0 Å². The Bertz CT molecular complexity index is 182. The number of nitrogens with zero attached hydrogens (tertiary/aromatic N) is 1. The van der Waals surface area contributed by atoms with E-state index < -0.39 is 0 Å². The molecule has 2 unspecified atom stereocenters. The molecular weight excluding hydrogens is 232 g/mol. The van der Waals surface area contributed by atoms with Crippen LogP contribution in [0, 0.1) is 0 Å². The van der Waals surface area contributed by atoms with Crippen LogP contribution in [0.1, 0.15) is 19.8 Å². The van der Waals surface area contributed by atoms with Crippen LogP contribution in [-0.2, 0) is 14.2 Å². The maximum Gasteiger partial charge on any atom is 0.0615 e. The molecule has 0 rings (SSSR count). The quantitative estimate of drug-likeness (QED) is 0.525. The van der Waals surface area contributed by atoms with E-state index in [2.05, 4.69) is 11.8 Å². The Morgan fingerprint density at radius 1 is 1.06 bits per heavy atom. The van der Waals surface area contributed by atoms with Gasteiger partial charge in [0.05, 0.1) is 13.2 Å². The maximum atomic E-state index is 6.14. The highest BCUT2D eigenvalue weighted by Gasteiger charge is 2.16. The molecule has 2 atom stereocenters. The lowest BCUT2D eigenvalue weighted by molar-refractivity contribution is 0.0701. The largest absolute Gasteiger partial charge is 0.385 e. The number of methoxy groups -OCH3 is 3. The fourth-order valence-electron chi connectivity index (χ4n) is 1.93. The number of hydrogen-bond donors (Lipinski definition) is 1. The van der Waals surface area contributed by atoms with Crippen LogP contribution in [0.25, 0.3) is 0 Å².